The van der Waals surface area contributed by atoms with Crippen LogP contribution in [0.2, 0.25) is 0 Å². The van der Waals surface area contributed by atoms with Gasteiger partial charge in [0.25, 0.3) is 5.91 Å². The van der Waals surface area contributed by atoms with Gasteiger partial charge in [0.15, 0.2) is 0 Å². The van der Waals surface area contributed by atoms with Crippen LogP contribution in [0, 0.1) is 5.82 Å². The summed E-state index contributed by atoms with van der Waals surface area (Å²) >= 11 is 0. The fraction of sp³-hybridized carbons (Fsp3) is 0.500. The van der Waals surface area contributed by atoms with Gasteiger partial charge in [-0.1, -0.05) is 13.3 Å². The number of primary sulfonamides is 1. The van der Waals surface area contributed by atoms with Crippen LogP contribution in [0.25, 0.3) is 0 Å². The molecule has 1 saturated carbocycles. The first-order valence-corrected chi connectivity index (χ1v) is 8.52. The zero-order valence-electron chi connectivity index (χ0n) is 11.9. The molecule has 1 aliphatic carbocycles. The van der Waals surface area contributed by atoms with Crippen molar-refractivity contribution in [3.8, 4) is 0 Å². The zero-order valence-corrected chi connectivity index (χ0v) is 12.7. The highest BCUT2D eigenvalue weighted by Gasteiger charge is 2.33. The number of carbonyl (C=O) groups excluding carboxylic acids is 1. The van der Waals surface area contributed by atoms with Crippen molar-refractivity contribution in [2.24, 2.45) is 5.14 Å². The molecule has 0 atom stereocenters. The SMILES string of the molecule is CCCCN(C(=O)c1cc(F)cc(S(N)(=O)=O)c1)C1CC1. The Bertz CT molecular complexity index is 642. The molecule has 2 N–H and O–H groups in total. The smallest absolute Gasteiger partial charge is 0.254 e. The molecule has 0 bridgehead atoms. The van der Waals surface area contributed by atoms with E-state index >= 15 is 0 Å². The van der Waals surface area contributed by atoms with Crippen molar-refractivity contribution >= 4 is 15.9 Å². The highest BCUT2D eigenvalue weighted by Crippen LogP contribution is 2.29. The van der Waals surface area contributed by atoms with Gasteiger partial charge in [-0.2, -0.15) is 0 Å². The van der Waals surface area contributed by atoms with E-state index in [0.29, 0.717) is 6.54 Å². The van der Waals surface area contributed by atoms with Gasteiger partial charge < -0.3 is 4.90 Å². The van der Waals surface area contributed by atoms with Gasteiger partial charge in [0.05, 0.1) is 4.90 Å². The molecule has 2 rings (SSSR count). The second-order valence-electron chi connectivity index (χ2n) is 5.30. The van der Waals surface area contributed by atoms with Crippen LogP contribution in [0.1, 0.15) is 43.0 Å². The van der Waals surface area contributed by atoms with Crippen molar-refractivity contribution in [3.05, 3.63) is 29.6 Å². The second-order valence-corrected chi connectivity index (χ2v) is 6.87. The highest BCUT2D eigenvalue weighted by molar-refractivity contribution is 7.89. The summed E-state index contributed by atoms with van der Waals surface area (Å²) < 4.78 is 36.2. The summed E-state index contributed by atoms with van der Waals surface area (Å²) in [5.74, 6) is -1.12. The normalized spacial score (nSPS) is 15.0. The molecule has 1 amide bonds. The van der Waals surface area contributed by atoms with Crippen LogP contribution in [-0.4, -0.2) is 31.8 Å². The van der Waals surface area contributed by atoms with E-state index in [1.165, 1.54) is 0 Å². The molecule has 0 heterocycles. The van der Waals surface area contributed by atoms with Gasteiger partial charge in [0.2, 0.25) is 10.0 Å². The van der Waals surface area contributed by atoms with E-state index in [2.05, 4.69) is 0 Å². The number of hydrogen-bond donors (Lipinski definition) is 1. The summed E-state index contributed by atoms with van der Waals surface area (Å²) in [7, 11) is -4.04. The Balaban J connectivity index is 2.31. The first-order valence-electron chi connectivity index (χ1n) is 6.97. The zero-order chi connectivity index (χ0) is 15.6. The molecule has 5 nitrogen and oxygen atoms in total. The molecular formula is C14H19FN2O3S. The number of halogens is 1. The Morgan fingerprint density at radius 1 is 1.38 bits per heavy atom. The van der Waals surface area contributed by atoms with Crippen LogP contribution in [0.15, 0.2) is 23.1 Å². The Labute approximate surface area is 124 Å². The maximum absolute atomic E-state index is 13.6. The molecule has 1 aliphatic rings. The molecule has 0 unspecified atom stereocenters. The third kappa shape index (κ3) is 4.01. The van der Waals surface area contributed by atoms with E-state index in [-0.39, 0.29) is 22.4 Å². The quantitative estimate of drug-likeness (QED) is 0.870. The van der Waals surface area contributed by atoms with E-state index in [9.17, 15) is 17.6 Å². The van der Waals surface area contributed by atoms with Crippen LogP contribution < -0.4 is 5.14 Å². The fourth-order valence-corrected chi connectivity index (χ4v) is 2.75. The van der Waals surface area contributed by atoms with Gasteiger partial charge in [0.1, 0.15) is 5.82 Å². The number of nitrogens with zero attached hydrogens (tertiary/aromatic N) is 1. The molecule has 0 radical (unpaired) electrons. The first-order chi connectivity index (χ1) is 9.82. The monoisotopic (exact) mass is 314 g/mol. The van der Waals surface area contributed by atoms with Gasteiger partial charge in [-0.25, -0.2) is 17.9 Å². The molecule has 1 fully saturated rings. The van der Waals surface area contributed by atoms with E-state index < -0.39 is 15.8 Å². The fourth-order valence-electron chi connectivity index (χ4n) is 2.18. The molecule has 0 aliphatic heterocycles. The number of unbranched alkanes of at least 4 members (excludes halogenated alkanes) is 1. The molecule has 1 aromatic rings. The predicted molar refractivity (Wildman–Crippen MR) is 76.7 cm³/mol. The summed E-state index contributed by atoms with van der Waals surface area (Å²) in [6.45, 7) is 2.62. The Hall–Kier alpha value is -1.47. The molecule has 0 spiro atoms. The van der Waals surface area contributed by atoms with Gasteiger partial charge >= 0.3 is 0 Å². The van der Waals surface area contributed by atoms with Gasteiger partial charge in [-0.3, -0.25) is 4.79 Å². The van der Waals surface area contributed by atoms with Crippen molar-refractivity contribution in [3.63, 3.8) is 0 Å². The van der Waals surface area contributed by atoms with Gasteiger partial charge in [-0.05, 0) is 37.5 Å². The highest BCUT2D eigenvalue weighted by atomic mass is 32.2. The minimum Gasteiger partial charge on any atom is -0.336 e. The Morgan fingerprint density at radius 2 is 2.05 bits per heavy atom. The summed E-state index contributed by atoms with van der Waals surface area (Å²) in [5.41, 5.74) is 0.0297. The summed E-state index contributed by atoms with van der Waals surface area (Å²) in [6.07, 6.45) is 3.68. The third-order valence-corrected chi connectivity index (χ3v) is 4.34. The average Bonchev–Trinajstić information content (AvgIpc) is 3.22. The summed E-state index contributed by atoms with van der Waals surface area (Å²) in [6, 6.07) is 3.20. The maximum atomic E-state index is 13.6. The number of rotatable bonds is 6. The topological polar surface area (TPSA) is 80.5 Å². The van der Waals surface area contributed by atoms with E-state index in [0.717, 1.165) is 43.9 Å². The van der Waals surface area contributed by atoms with E-state index in [4.69, 9.17) is 5.14 Å². The van der Waals surface area contributed by atoms with Crippen molar-refractivity contribution < 1.29 is 17.6 Å². The summed E-state index contributed by atoms with van der Waals surface area (Å²) in [5, 5.41) is 5.00. The number of carbonyl (C=O) groups is 1. The van der Waals surface area contributed by atoms with Crippen LogP contribution >= 0.6 is 0 Å². The average molecular weight is 314 g/mol. The predicted octanol–water partition coefficient (Wildman–Crippen LogP) is 1.88. The van der Waals surface area contributed by atoms with Crippen LogP contribution in [0.5, 0.6) is 0 Å². The molecule has 21 heavy (non-hydrogen) atoms. The van der Waals surface area contributed by atoms with E-state index in [1.54, 1.807) is 4.90 Å². The lowest BCUT2D eigenvalue weighted by Crippen LogP contribution is -2.34. The molecule has 116 valence electrons. The molecule has 0 saturated heterocycles. The minimum atomic E-state index is -4.04. The van der Waals surface area contributed by atoms with Gasteiger partial charge in [0, 0.05) is 18.2 Å². The Morgan fingerprint density at radius 3 is 2.57 bits per heavy atom. The largest absolute Gasteiger partial charge is 0.336 e. The number of amides is 1. The maximum Gasteiger partial charge on any atom is 0.254 e. The Kier molecular flexibility index (Phi) is 4.63. The number of hydrogen-bond acceptors (Lipinski definition) is 3. The first kappa shape index (κ1) is 15.9. The minimum absolute atomic E-state index is 0.0297. The number of nitrogens with two attached hydrogens (primary N) is 1. The van der Waals surface area contributed by atoms with Crippen LogP contribution in [-0.2, 0) is 10.0 Å². The molecule has 0 aromatic heterocycles. The third-order valence-electron chi connectivity index (χ3n) is 3.45. The van der Waals surface area contributed by atoms with Crippen molar-refractivity contribution in [1.29, 1.82) is 0 Å². The lowest BCUT2D eigenvalue weighted by atomic mass is 10.1. The molecular weight excluding hydrogens is 295 g/mol. The van der Waals surface area contributed by atoms with Crippen molar-refractivity contribution in [2.75, 3.05) is 6.54 Å². The van der Waals surface area contributed by atoms with Crippen molar-refractivity contribution in [2.45, 2.75) is 43.5 Å². The van der Waals surface area contributed by atoms with Crippen molar-refractivity contribution in [1.82, 2.24) is 4.90 Å². The van der Waals surface area contributed by atoms with Crippen LogP contribution in [0.3, 0.4) is 0 Å². The lowest BCUT2D eigenvalue weighted by Gasteiger charge is -2.22. The summed E-state index contributed by atoms with van der Waals surface area (Å²) in [4.78, 5) is 13.8. The number of sulfonamides is 1. The molecule has 7 heteroatoms. The second kappa shape index (κ2) is 6.11. The number of benzene rings is 1. The van der Waals surface area contributed by atoms with Crippen LogP contribution in [0.4, 0.5) is 4.39 Å². The standard InChI is InChI=1S/C14H19FN2O3S/c1-2-3-6-17(12-4-5-12)14(18)10-7-11(15)9-13(8-10)21(16,19)20/h7-9,12H,2-6H2,1H3,(H2,16,19,20). The molecule has 1 aromatic carbocycles. The lowest BCUT2D eigenvalue weighted by molar-refractivity contribution is 0.0740. The van der Waals surface area contributed by atoms with Gasteiger partial charge in [-0.15, -0.1) is 0 Å². The van der Waals surface area contributed by atoms with E-state index in [1.807, 2.05) is 6.92 Å².